The summed E-state index contributed by atoms with van der Waals surface area (Å²) in [5.74, 6) is -3.76. The van der Waals surface area contributed by atoms with Gasteiger partial charge in [-0.25, -0.2) is 18.0 Å². The second kappa shape index (κ2) is 6.91. The van der Waals surface area contributed by atoms with Crippen LogP contribution >= 0.6 is 0 Å². The number of nitrogens with zero attached hydrogens (tertiary/aromatic N) is 1. The highest BCUT2D eigenvalue weighted by Gasteiger charge is 2.40. The smallest absolute Gasteiger partial charge is 0.404 e. The van der Waals surface area contributed by atoms with Crippen LogP contribution in [-0.2, 0) is 11.2 Å². The van der Waals surface area contributed by atoms with E-state index in [1.165, 1.54) is 0 Å². The van der Waals surface area contributed by atoms with Crippen LogP contribution in [0.2, 0.25) is 0 Å². The normalized spacial score (nSPS) is 22.9. The van der Waals surface area contributed by atoms with E-state index in [1.807, 2.05) is 0 Å². The van der Waals surface area contributed by atoms with Crippen molar-refractivity contribution in [3.05, 3.63) is 35.1 Å². The Morgan fingerprint density at radius 2 is 2.00 bits per heavy atom. The number of fused-ring (bicyclic) bond motifs is 2. The van der Waals surface area contributed by atoms with E-state index in [0.717, 1.165) is 6.42 Å². The quantitative estimate of drug-likeness (QED) is 0.693. The van der Waals surface area contributed by atoms with Crippen molar-refractivity contribution in [1.82, 2.24) is 15.5 Å². The van der Waals surface area contributed by atoms with Crippen molar-refractivity contribution in [2.45, 2.75) is 37.4 Å². The Bertz CT molecular complexity index is 701. The van der Waals surface area contributed by atoms with Gasteiger partial charge in [-0.3, -0.25) is 4.79 Å². The minimum absolute atomic E-state index is 0.0861. The first-order valence-corrected chi connectivity index (χ1v) is 7.99. The first kappa shape index (κ1) is 17.5. The highest BCUT2D eigenvalue weighted by atomic mass is 19.2. The predicted octanol–water partition coefficient (Wildman–Crippen LogP) is 1.25. The molecular formula is C16H18F3N3O3. The maximum Gasteiger partial charge on any atom is 0.404 e. The molecule has 3 atom stereocenters. The minimum Gasteiger partial charge on any atom is -0.465 e. The van der Waals surface area contributed by atoms with Crippen molar-refractivity contribution < 1.29 is 27.9 Å². The Morgan fingerprint density at radius 3 is 2.60 bits per heavy atom. The van der Waals surface area contributed by atoms with Crippen molar-refractivity contribution in [3.63, 3.8) is 0 Å². The van der Waals surface area contributed by atoms with Gasteiger partial charge in [0, 0.05) is 43.7 Å². The van der Waals surface area contributed by atoms with Gasteiger partial charge in [0.15, 0.2) is 11.6 Å². The maximum atomic E-state index is 13.8. The summed E-state index contributed by atoms with van der Waals surface area (Å²) in [4.78, 5) is 25.1. The van der Waals surface area contributed by atoms with Crippen molar-refractivity contribution in [2.24, 2.45) is 0 Å². The number of likely N-dealkylation sites (tertiary alicyclic amines) is 1. The SMILES string of the molecule is O=C(O)N[C@@H](CC(=O)N1CC2CC1CN2)Cc1cc(F)c(F)cc1F. The molecule has 0 aliphatic carbocycles. The molecule has 2 amide bonds. The van der Waals surface area contributed by atoms with Crippen LogP contribution in [0.1, 0.15) is 18.4 Å². The zero-order valence-corrected chi connectivity index (χ0v) is 13.3. The molecule has 136 valence electrons. The molecular weight excluding hydrogens is 339 g/mol. The van der Waals surface area contributed by atoms with Gasteiger partial charge in [-0.15, -0.1) is 0 Å². The molecule has 3 rings (SSSR count). The molecule has 0 radical (unpaired) electrons. The standard InChI is InChI=1S/C16H18F3N3O3/c17-12-5-14(19)13(18)2-8(12)1-9(21-16(24)25)4-15(23)22-7-10-3-11(22)6-20-10/h2,5,9-11,20-21H,1,3-4,6-7H2,(H,24,25)/t9-,10?,11?/m1/s1. The molecule has 3 N–H and O–H groups in total. The Kier molecular flexibility index (Phi) is 4.85. The summed E-state index contributed by atoms with van der Waals surface area (Å²) in [7, 11) is 0. The third-order valence-corrected chi connectivity index (χ3v) is 4.68. The fourth-order valence-corrected chi connectivity index (χ4v) is 3.53. The number of hydrogen-bond donors (Lipinski definition) is 3. The molecule has 0 spiro atoms. The average molecular weight is 357 g/mol. The first-order chi connectivity index (χ1) is 11.8. The Balaban J connectivity index is 1.70. The van der Waals surface area contributed by atoms with Crippen molar-refractivity contribution in [1.29, 1.82) is 0 Å². The Morgan fingerprint density at radius 1 is 1.28 bits per heavy atom. The predicted molar refractivity (Wildman–Crippen MR) is 81.5 cm³/mol. The van der Waals surface area contributed by atoms with Crippen LogP contribution in [0.25, 0.3) is 0 Å². The van der Waals surface area contributed by atoms with Crippen LogP contribution in [0.4, 0.5) is 18.0 Å². The number of hydrogen-bond acceptors (Lipinski definition) is 3. The largest absolute Gasteiger partial charge is 0.465 e. The number of nitrogens with one attached hydrogen (secondary N) is 2. The maximum absolute atomic E-state index is 13.8. The van der Waals surface area contributed by atoms with E-state index < -0.39 is 29.6 Å². The van der Waals surface area contributed by atoms with E-state index in [0.29, 0.717) is 25.2 Å². The molecule has 9 heteroatoms. The monoisotopic (exact) mass is 357 g/mol. The molecule has 1 aromatic rings. The summed E-state index contributed by atoms with van der Waals surface area (Å²) in [6, 6.07) is 0.505. The highest BCUT2D eigenvalue weighted by molar-refractivity contribution is 5.78. The van der Waals surface area contributed by atoms with Gasteiger partial charge in [0.2, 0.25) is 5.91 Å². The van der Waals surface area contributed by atoms with Gasteiger partial charge in [0.1, 0.15) is 5.82 Å². The van der Waals surface area contributed by atoms with Crippen LogP contribution in [0.3, 0.4) is 0 Å². The number of benzene rings is 1. The molecule has 2 aliphatic heterocycles. The van der Waals surface area contributed by atoms with Crippen molar-refractivity contribution in [2.75, 3.05) is 13.1 Å². The third kappa shape index (κ3) is 3.87. The summed E-state index contributed by atoms with van der Waals surface area (Å²) in [5.41, 5.74) is -0.185. The summed E-state index contributed by atoms with van der Waals surface area (Å²) >= 11 is 0. The number of halogens is 3. The summed E-state index contributed by atoms with van der Waals surface area (Å²) in [6.45, 7) is 1.26. The average Bonchev–Trinajstić information content (AvgIpc) is 3.14. The topological polar surface area (TPSA) is 81.7 Å². The first-order valence-electron chi connectivity index (χ1n) is 7.99. The van der Waals surface area contributed by atoms with Gasteiger partial charge in [0.05, 0.1) is 0 Å². The van der Waals surface area contributed by atoms with Crippen LogP contribution in [0.5, 0.6) is 0 Å². The summed E-state index contributed by atoms with van der Waals surface area (Å²) < 4.78 is 40.1. The molecule has 2 saturated heterocycles. The molecule has 1 aromatic carbocycles. The van der Waals surface area contributed by atoms with Gasteiger partial charge in [0.25, 0.3) is 0 Å². The molecule has 0 aromatic heterocycles. The van der Waals surface area contributed by atoms with Gasteiger partial charge in [-0.05, 0) is 24.5 Å². The van der Waals surface area contributed by atoms with E-state index in [1.54, 1.807) is 4.90 Å². The fraction of sp³-hybridized carbons (Fsp3) is 0.500. The third-order valence-electron chi connectivity index (χ3n) is 4.68. The zero-order chi connectivity index (χ0) is 18.1. The zero-order valence-electron chi connectivity index (χ0n) is 13.3. The van der Waals surface area contributed by atoms with Crippen molar-refractivity contribution >= 4 is 12.0 Å². The van der Waals surface area contributed by atoms with Crippen LogP contribution < -0.4 is 10.6 Å². The Hall–Kier alpha value is -2.29. The lowest BCUT2D eigenvalue weighted by molar-refractivity contribution is -0.133. The van der Waals surface area contributed by atoms with Gasteiger partial charge in [-0.2, -0.15) is 0 Å². The minimum atomic E-state index is -1.37. The second-order valence-electron chi connectivity index (χ2n) is 6.45. The van der Waals surface area contributed by atoms with Gasteiger partial charge >= 0.3 is 6.09 Å². The fourth-order valence-electron chi connectivity index (χ4n) is 3.53. The van der Waals surface area contributed by atoms with Crippen molar-refractivity contribution in [3.8, 4) is 0 Å². The Labute approximate surface area is 142 Å². The second-order valence-corrected chi connectivity index (χ2v) is 6.45. The lowest BCUT2D eigenvalue weighted by Crippen LogP contribution is -2.49. The molecule has 6 nitrogen and oxygen atoms in total. The molecule has 25 heavy (non-hydrogen) atoms. The van der Waals surface area contributed by atoms with E-state index in [2.05, 4.69) is 10.6 Å². The molecule has 2 aliphatic rings. The molecule has 0 saturated carbocycles. The molecule has 2 unspecified atom stereocenters. The number of amides is 2. The summed E-state index contributed by atoms with van der Waals surface area (Å²) in [5, 5.41) is 14.4. The number of carbonyl (C=O) groups is 2. The van der Waals surface area contributed by atoms with E-state index >= 15 is 0 Å². The van der Waals surface area contributed by atoms with E-state index in [9.17, 15) is 22.8 Å². The highest BCUT2D eigenvalue weighted by Crippen LogP contribution is 2.24. The molecule has 2 fully saturated rings. The lowest BCUT2D eigenvalue weighted by atomic mass is 10.0. The van der Waals surface area contributed by atoms with Crippen LogP contribution in [0.15, 0.2) is 12.1 Å². The molecule has 2 heterocycles. The lowest BCUT2D eigenvalue weighted by Gasteiger charge is -2.29. The van der Waals surface area contributed by atoms with Gasteiger partial charge < -0.3 is 20.6 Å². The van der Waals surface area contributed by atoms with E-state index in [4.69, 9.17) is 5.11 Å². The number of carbonyl (C=O) groups excluding carboxylic acids is 1. The molecule has 2 bridgehead atoms. The summed E-state index contributed by atoms with van der Waals surface area (Å²) in [6.07, 6.45) is -0.930. The van der Waals surface area contributed by atoms with E-state index in [-0.39, 0.29) is 36.4 Å². The van der Waals surface area contributed by atoms with Crippen LogP contribution in [0, 0.1) is 17.5 Å². The van der Waals surface area contributed by atoms with Gasteiger partial charge in [-0.1, -0.05) is 0 Å². The number of carboxylic acid groups (broad SMARTS) is 1. The van der Waals surface area contributed by atoms with Crippen LogP contribution in [-0.4, -0.2) is 53.2 Å². The number of piperazine rings is 1. The number of rotatable bonds is 5.